The van der Waals surface area contributed by atoms with E-state index in [9.17, 15) is 13.2 Å². The van der Waals surface area contributed by atoms with Gasteiger partial charge in [0.25, 0.3) is 0 Å². The Kier molecular flexibility index (Phi) is 6.32. The van der Waals surface area contributed by atoms with Crippen molar-refractivity contribution in [2.45, 2.75) is 38.3 Å². The van der Waals surface area contributed by atoms with Crippen LogP contribution in [0.1, 0.15) is 37.8 Å². The molecule has 1 aromatic rings. The lowest BCUT2D eigenvalue weighted by Crippen LogP contribution is -2.41. The number of guanidine groups is 1. The highest BCUT2D eigenvalue weighted by atomic mass is 19.4. The molecule has 0 aromatic heterocycles. The zero-order valence-corrected chi connectivity index (χ0v) is 14.8. The zero-order valence-electron chi connectivity index (χ0n) is 14.8. The summed E-state index contributed by atoms with van der Waals surface area (Å²) in [6.45, 7) is 6.84. The van der Waals surface area contributed by atoms with Crippen molar-refractivity contribution in [1.29, 1.82) is 0 Å². The van der Waals surface area contributed by atoms with Crippen LogP contribution in [-0.2, 0) is 16.3 Å². The fourth-order valence-corrected chi connectivity index (χ4v) is 3.21. The first-order chi connectivity index (χ1) is 11.8. The fourth-order valence-electron chi connectivity index (χ4n) is 3.21. The van der Waals surface area contributed by atoms with E-state index in [0.29, 0.717) is 44.1 Å². The number of nitrogens with two attached hydrogens (primary N) is 1. The number of aliphatic imine (C=N–C) groups is 1. The van der Waals surface area contributed by atoms with Gasteiger partial charge in [-0.25, -0.2) is 0 Å². The van der Waals surface area contributed by atoms with E-state index in [-0.39, 0.29) is 0 Å². The van der Waals surface area contributed by atoms with Gasteiger partial charge in [0, 0.05) is 31.7 Å². The molecule has 2 rings (SSSR count). The smallest absolute Gasteiger partial charge is 0.381 e. The normalized spacial score (nSPS) is 18.2. The number of ether oxygens (including phenoxy) is 1. The number of hydrogen-bond acceptors (Lipinski definition) is 2. The summed E-state index contributed by atoms with van der Waals surface area (Å²) in [5, 5.41) is 0. The van der Waals surface area contributed by atoms with Crippen LogP contribution in [0.3, 0.4) is 0 Å². The molecule has 1 aliphatic heterocycles. The summed E-state index contributed by atoms with van der Waals surface area (Å²) in [7, 11) is 0. The predicted octanol–water partition coefficient (Wildman–Crippen LogP) is 3.41. The predicted molar refractivity (Wildman–Crippen MR) is 92.6 cm³/mol. The van der Waals surface area contributed by atoms with Gasteiger partial charge >= 0.3 is 6.18 Å². The second-order valence-corrected chi connectivity index (χ2v) is 6.32. The lowest BCUT2D eigenvalue weighted by Gasteiger charge is -2.37. The van der Waals surface area contributed by atoms with Crippen LogP contribution >= 0.6 is 0 Å². The van der Waals surface area contributed by atoms with Crippen LogP contribution in [0.4, 0.5) is 13.2 Å². The molecule has 0 aliphatic carbocycles. The Morgan fingerprint density at radius 2 is 1.88 bits per heavy atom. The SMILES string of the molecule is CCN(CC)C(N)=NCC1(c2cccc(C(F)(F)F)c2)CCOCC1. The van der Waals surface area contributed by atoms with E-state index in [0.717, 1.165) is 19.2 Å². The van der Waals surface area contributed by atoms with Gasteiger partial charge in [-0.3, -0.25) is 4.99 Å². The molecule has 1 heterocycles. The zero-order chi connectivity index (χ0) is 18.5. The van der Waals surface area contributed by atoms with E-state index in [1.165, 1.54) is 12.1 Å². The molecular formula is C18H26F3N3O. The Labute approximate surface area is 146 Å². The summed E-state index contributed by atoms with van der Waals surface area (Å²) < 4.78 is 44.7. The number of nitrogens with zero attached hydrogens (tertiary/aromatic N) is 2. The second-order valence-electron chi connectivity index (χ2n) is 6.32. The van der Waals surface area contributed by atoms with Gasteiger partial charge in [-0.05, 0) is 38.3 Å². The van der Waals surface area contributed by atoms with E-state index in [1.54, 1.807) is 6.07 Å². The third kappa shape index (κ3) is 4.66. The van der Waals surface area contributed by atoms with Gasteiger partial charge in [0.15, 0.2) is 5.96 Å². The van der Waals surface area contributed by atoms with Crippen LogP contribution in [0.2, 0.25) is 0 Å². The molecule has 1 aromatic carbocycles. The molecule has 0 amide bonds. The van der Waals surface area contributed by atoms with Gasteiger partial charge < -0.3 is 15.4 Å². The maximum absolute atomic E-state index is 13.1. The molecule has 1 saturated heterocycles. The summed E-state index contributed by atoms with van der Waals surface area (Å²) in [6.07, 6.45) is -3.10. The molecule has 0 unspecified atom stereocenters. The summed E-state index contributed by atoms with van der Waals surface area (Å²) >= 11 is 0. The maximum Gasteiger partial charge on any atom is 0.416 e. The number of alkyl halides is 3. The lowest BCUT2D eigenvalue weighted by molar-refractivity contribution is -0.137. The molecule has 1 aliphatic rings. The Bertz CT molecular complexity index is 591. The minimum Gasteiger partial charge on any atom is -0.381 e. The van der Waals surface area contributed by atoms with Gasteiger partial charge in [0.1, 0.15) is 0 Å². The van der Waals surface area contributed by atoms with Crippen molar-refractivity contribution in [3.63, 3.8) is 0 Å². The largest absolute Gasteiger partial charge is 0.416 e. The molecule has 1 fully saturated rings. The summed E-state index contributed by atoms with van der Waals surface area (Å²) in [5.41, 5.74) is 5.61. The summed E-state index contributed by atoms with van der Waals surface area (Å²) in [4.78, 5) is 6.44. The number of halogens is 3. The molecule has 0 atom stereocenters. The van der Waals surface area contributed by atoms with Gasteiger partial charge in [-0.2, -0.15) is 13.2 Å². The van der Waals surface area contributed by atoms with Crippen molar-refractivity contribution in [2.24, 2.45) is 10.7 Å². The van der Waals surface area contributed by atoms with Crippen LogP contribution in [0.25, 0.3) is 0 Å². The Balaban J connectivity index is 2.34. The molecule has 0 radical (unpaired) electrons. The van der Waals surface area contributed by atoms with E-state index in [1.807, 2.05) is 18.7 Å². The molecule has 140 valence electrons. The standard InChI is InChI=1S/C18H26F3N3O/c1-3-24(4-2)16(22)23-13-17(8-10-25-11-9-17)14-6-5-7-15(12-14)18(19,20)21/h5-7,12H,3-4,8-11,13H2,1-2H3,(H2,22,23). The van der Waals surface area contributed by atoms with E-state index >= 15 is 0 Å². The molecule has 7 heteroatoms. The second kappa shape index (κ2) is 8.08. The molecule has 0 bridgehead atoms. The first-order valence-corrected chi connectivity index (χ1v) is 8.63. The summed E-state index contributed by atoms with van der Waals surface area (Å²) in [5.74, 6) is 0.433. The number of rotatable bonds is 5. The summed E-state index contributed by atoms with van der Waals surface area (Å²) in [6, 6.07) is 5.56. The lowest BCUT2D eigenvalue weighted by atomic mass is 9.74. The average Bonchev–Trinajstić information content (AvgIpc) is 2.61. The quantitative estimate of drug-likeness (QED) is 0.649. The highest BCUT2D eigenvalue weighted by Gasteiger charge is 2.37. The minimum absolute atomic E-state index is 0.361. The Hall–Kier alpha value is -1.76. The third-order valence-electron chi connectivity index (χ3n) is 4.88. The van der Waals surface area contributed by atoms with Crippen LogP contribution in [0.15, 0.2) is 29.3 Å². The monoisotopic (exact) mass is 357 g/mol. The topological polar surface area (TPSA) is 50.8 Å². The van der Waals surface area contributed by atoms with Gasteiger partial charge in [0.05, 0.1) is 12.1 Å². The molecule has 0 saturated carbocycles. The fraction of sp³-hybridized carbons (Fsp3) is 0.611. The minimum atomic E-state index is -4.36. The van der Waals surface area contributed by atoms with Gasteiger partial charge in [-0.15, -0.1) is 0 Å². The van der Waals surface area contributed by atoms with Crippen molar-refractivity contribution in [1.82, 2.24) is 4.90 Å². The van der Waals surface area contributed by atoms with Gasteiger partial charge in [0.2, 0.25) is 0 Å². The molecule has 2 N–H and O–H groups in total. The van der Waals surface area contributed by atoms with Gasteiger partial charge in [-0.1, -0.05) is 18.2 Å². The molecule has 25 heavy (non-hydrogen) atoms. The molecule has 4 nitrogen and oxygen atoms in total. The van der Waals surface area contributed by atoms with Crippen molar-refractivity contribution in [3.8, 4) is 0 Å². The number of hydrogen-bond donors (Lipinski definition) is 1. The van der Waals surface area contributed by atoms with Crippen LogP contribution in [0, 0.1) is 0 Å². The average molecular weight is 357 g/mol. The molecule has 0 spiro atoms. The number of benzene rings is 1. The first-order valence-electron chi connectivity index (χ1n) is 8.63. The van der Waals surface area contributed by atoms with Crippen molar-refractivity contribution in [3.05, 3.63) is 35.4 Å². The van der Waals surface area contributed by atoms with Crippen molar-refractivity contribution < 1.29 is 17.9 Å². The Morgan fingerprint density at radius 1 is 1.24 bits per heavy atom. The highest BCUT2D eigenvalue weighted by Crippen LogP contribution is 2.38. The van der Waals surface area contributed by atoms with Crippen molar-refractivity contribution in [2.75, 3.05) is 32.8 Å². The van der Waals surface area contributed by atoms with Crippen LogP contribution in [-0.4, -0.2) is 43.7 Å². The van der Waals surface area contributed by atoms with Crippen LogP contribution < -0.4 is 5.73 Å². The van der Waals surface area contributed by atoms with E-state index in [2.05, 4.69) is 4.99 Å². The molecular weight excluding hydrogens is 331 g/mol. The Morgan fingerprint density at radius 3 is 2.44 bits per heavy atom. The van der Waals surface area contributed by atoms with E-state index in [4.69, 9.17) is 10.5 Å². The maximum atomic E-state index is 13.1. The third-order valence-corrected chi connectivity index (χ3v) is 4.88. The first kappa shape index (κ1) is 19.6. The van der Waals surface area contributed by atoms with Crippen molar-refractivity contribution >= 4 is 5.96 Å². The highest BCUT2D eigenvalue weighted by molar-refractivity contribution is 5.78. The van der Waals surface area contributed by atoms with E-state index < -0.39 is 17.2 Å². The van der Waals surface area contributed by atoms with Crippen LogP contribution in [0.5, 0.6) is 0 Å².